The van der Waals surface area contributed by atoms with Gasteiger partial charge in [0.25, 0.3) is 10.0 Å². The van der Waals surface area contributed by atoms with Crippen LogP contribution in [0.2, 0.25) is 0 Å². The molecule has 2 aromatic carbocycles. The minimum Gasteiger partial charge on any atom is -0.326 e. The van der Waals surface area contributed by atoms with Crippen molar-refractivity contribution in [2.45, 2.75) is 18.0 Å². The van der Waals surface area contributed by atoms with Crippen molar-refractivity contribution in [1.82, 2.24) is 0 Å². The lowest BCUT2D eigenvalue weighted by Crippen LogP contribution is -2.14. The van der Waals surface area contributed by atoms with Gasteiger partial charge in [0, 0.05) is 22.8 Å². The van der Waals surface area contributed by atoms with Crippen molar-refractivity contribution in [3.63, 3.8) is 0 Å². The summed E-state index contributed by atoms with van der Waals surface area (Å²) in [7, 11) is -4.08. The van der Waals surface area contributed by atoms with Gasteiger partial charge in [-0.3, -0.25) is 9.52 Å². The summed E-state index contributed by atoms with van der Waals surface area (Å²) in [5, 5.41) is 2.48. The van der Waals surface area contributed by atoms with Crippen LogP contribution in [-0.4, -0.2) is 14.3 Å². The van der Waals surface area contributed by atoms with E-state index in [9.17, 15) is 26.4 Å². The van der Waals surface area contributed by atoms with Gasteiger partial charge >= 0.3 is 6.18 Å². The fraction of sp³-hybridized carbons (Fsp3) is 0.133. The molecule has 0 aliphatic rings. The third-order valence-electron chi connectivity index (χ3n) is 3.01. The van der Waals surface area contributed by atoms with Gasteiger partial charge in [0.2, 0.25) is 5.91 Å². The van der Waals surface area contributed by atoms with Crippen LogP contribution in [0.5, 0.6) is 0 Å². The third kappa shape index (κ3) is 4.95. The number of anilines is 2. The normalized spacial score (nSPS) is 11.9. The molecule has 0 aromatic heterocycles. The summed E-state index contributed by atoms with van der Waals surface area (Å²) in [5.74, 6) is -0.316. The molecule has 0 saturated heterocycles. The van der Waals surface area contributed by atoms with Crippen LogP contribution in [0.1, 0.15) is 12.5 Å². The number of rotatable bonds is 4. The summed E-state index contributed by atoms with van der Waals surface area (Å²) < 4.78 is 65.2. The first-order chi connectivity index (χ1) is 11.5. The van der Waals surface area contributed by atoms with Gasteiger partial charge in [0.05, 0.1) is 10.5 Å². The molecular weight excluding hydrogens is 425 g/mol. The lowest BCUT2D eigenvalue weighted by atomic mass is 10.2. The maximum Gasteiger partial charge on any atom is 0.417 e. The number of carbonyl (C=O) groups is 1. The second-order valence-electron chi connectivity index (χ2n) is 5.00. The van der Waals surface area contributed by atoms with E-state index in [0.29, 0.717) is 11.8 Å². The van der Waals surface area contributed by atoms with Gasteiger partial charge in [-0.15, -0.1) is 0 Å². The third-order valence-corrected chi connectivity index (χ3v) is 5.10. The quantitative estimate of drug-likeness (QED) is 0.752. The van der Waals surface area contributed by atoms with Crippen LogP contribution < -0.4 is 10.0 Å². The number of sulfonamides is 1. The monoisotopic (exact) mass is 436 g/mol. The Morgan fingerprint density at radius 2 is 1.60 bits per heavy atom. The van der Waals surface area contributed by atoms with E-state index in [1.165, 1.54) is 37.3 Å². The molecule has 25 heavy (non-hydrogen) atoms. The SMILES string of the molecule is CC(=O)Nc1ccc(S(=O)(=O)Nc2ccc(Br)c(C(F)(F)F)c2)cc1. The minimum absolute atomic E-state index is 0.155. The maximum absolute atomic E-state index is 12.9. The molecule has 0 heterocycles. The van der Waals surface area contributed by atoms with E-state index in [1.54, 1.807) is 0 Å². The molecule has 2 N–H and O–H groups in total. The average Bonchev–Trinajstić information content (AvgIpc) is 2.48. The molecule has 134 valence electrons. The number of benzene rings is 2. The zero-order chi connectivity index (χ0) is 18.8. The summed E-state index contributed by atoms with van der Waals surface area (Å²) in [5.41, 5.74) is -0.815. The number of amides is 1. The first kappa shape index (κ1) is 19.3. The van der Waals surface area contributed by atoms with Crippen molar-refractivity contribution in [1.29, 1.82) is 0 Å². The fourth-order valence-electron chi connectivity index (χ4n) is 1.94. The van der Waals surface area contributed by atoms with E-state index >= 15 is 0 Å². The van der Waals surface area contributed by atoms with Crippen LogP contribution in [-0.2, 0) is 21.0 Å². The fourth-order valence-corrected chi connectivity index (χ4v) is 3.46. The van der Waals surface area contributed by atoms with E-state index in [0.717, 1.165) is 6.07 Å². The number of halogens is 4. The van der Waals surface area contributed by atoms with E-state index in [1.807, 2.05) is 0 Å². The van der Waals surface area contributed by atoms with Crippen molar-refractivity contribution in [2.24, 2.45) is 0 Å². The molecule has 10 heteroatoms. The van der Waals surface area contributed by atoms with Crippen molar-refractivity contribution in [2.75, 3.05) is 10.0 Å². The van der Waals surface area contributed by atoms with Crippen molar-refractivity contribution in [3.05, 3.63) is 52.5 Å². The van der Waals surface area contributed by atoms with E-state index < -0.39 is 21.8 Å². The molecule has 0 spiro atoms. The average molecular weight is 437 g/mol. The Morgan fingerprint density at radius 3 is 2.12 bits per heavy atom. The summed E-state index contributed by atoms with van der Waals surface area (Å²) in [6.45, 7) is 1.30. The molecule has 0 radical (unpaired) electrons. The van der Waals surface area contributed by atoms with Crippen molar-refractivity contribution in [3.8, 4) is 0 Å². The second-order valence-corrected chi connectivity index (χ2v) is 7.54. The molecule has 1 amide bonds. The highest BCUT2D eigenvalue weighted by Gasteiger charge is 2.33. The van der Waals surface area contributed by atoms with Gasteiger partial charge in [0.15, 0.2) is 0 Å². The Bertz CT molecular complexity index is 897. The van der Waals surface area contributed by atoms with Gasteiger partial charge in [-0.25, -0.2) is 8.42 Å². The number of hydrogen-bond acceptors (Lipinski definition) is 3. The predicted octanol–water partition coefficient (Wildman–Crippen LogP) is 4.23. The van der Waals surface area contributed by atoms with Gasteiger partial charge in [0.1, 0.15) is 0 Å². The van der Waals surface area contributed by atoms with Crippen LogP contribution in [0, 0.1) is 0 Å². The number of carbonyl (C=O) groups excluding carboxylic acids is 1. The standard InChI is InChI=1S/C15H12BrF3N2O3S/c1-9(22)20-10-2-5-12(6-3-10)25(23,24)21-11-4-7-14(16)13(8-11)15(17,18)19/h2-8,21H,1H3,(H,20,22). The highest BCUT2D eigenvalue weighted by molar-refractivity contribution is 9.10. The summed E-state index contributed by atoms with van der Waals surface area (Å²) in [6, 6.07) is 8.24. The summed E-state index contributed by atoms with van der Waals surface area (Å²) >= 11 is 2.79. The Hall–Kier alpha value is -2.07. The van der Waals surface area contributed by atoms with Crippen molar-refractivity contribution >= 4 is 43.2 Å². The molecule has 0 atom stereocenters. The molecule has 0 aliphatic carbocycles. The predicted molar refractivity (Wildman–Crippen MR) is 90.7 cm³/mol. The molecular formula is C15H12BrF3N2O3S. The summed E-state index contributed by atoms with van der Waals surface area (Å²) in [4.78, 5) is 10.8. The first-order valence-corrected chi connectivity index (χ1v) is 9.04. The molecule has 0 saturated carbocycles. The van der Waals surface area contributed by atoms with Gasteiger partial charge < -0.3 is 5.32 Å². The van der Waals surface area contributed by atoms with E-state index in [-0.39, 0.29) is 21.0 Å². The Balaban J connectivity index is 2.28. The molecule has 0 unspecified atom stereocenters. The Labute approximate surface area is 150 Å². The van der Waals surface area contributed by atoms with Crippen LogP contribution in [0.3, 0.4) is 0 Å². The zero-order valence-corrected chi connectivity index (χ0v) is 15.1. The topological polar surface area (TPSA) is 75.3 Å². The molecule has 2 rings (SSSR count). The Morgan fingerprint density at radius 1 is 1.04 bits per heavy atom. The second kappa shape index (κ2) is 7.04. The van der Waals surface area contributed by atoms with Gasteiger partial charge in [-0.1, -0.05) is 15.9 Å². The number of nitrogens with one attached hydrogen (secondary N) is 2. The number of alkyl halides is 3. The highest BCUT2D eigenvalue weighted by Crippen LogP contribution is 2.36. The van der Waals surface area contributed by atoms with Crippen LogP contribution in [0.4, 0.5) is 24.5 Å². The molecule has 0 fully saturated rings. The maximum atomic E-state index is 12.9. The zero-order valence-electron chi connectivity index (χ0n) is 12.7. The molecule has 0 aliphatic heterocycles. The lowest BCUT2D eigenvalue weighted by Gasteiger charge is -2.13. The van der Waals surface area contributed by atoms with Crippen LogP contribution in [0.25, 0.3) is 0 Å². The van der Waals surface area contributed by atoms with Crippen LogP contribution >= 0.6 is 15.9 Å². The lowest BCUT2D eigenvalue weighted by molar-refractivity contribution is -0.138. The first-order valence-electron chi connectivity index (χ1n) is 6.76. The summed E-state index contributed by atoms with van der Waals surface area (Å²) in [6.07, 6.45) is -4.62. The smallest absolute Gasteiger partial charge is 0.326 e. The highest BCUT2D eigenvalue weighted by atomic mass is 79.9. The van der Waals surface area contributed by atoms with Gasteiger partial charge in [-0.05, 0) is 42.5 Å². The largest absolute Gasteiger partial charge is 0.417 e. The Kier molecular flexibility index (Phi) is 5.43. The molecule has 0 bridgehead atoms. The molecule has 5 nitrogen and oxygen atoms in total. The molecule has 2 aromatic rings. The van der Waals surface area contributed by atoms with E-state index in [4.69, 9.17) is 0 Å². The van der Waals surface area contributed by atoms with Crippen molar-refractivity contribution < 1.29 is 26.4 Å². The number of hydrogen-bond donors (Lipinski definition) is 2. The van der Waals surface area contributed by atoms with E-state index in [2.05, 4.69) is 26.0 Å². The van der Waals surface area contributed by atoms with Gasteiger partial charge in [-0.2, -0.15) is 13.2 Å². The van der Waals surface area contributed by atoms with Crippen LogP contribution in [0.15, 0.2) is 51.8 Å². The minimum atomic E-state index is -4.62.